The molecule has 1 aliphatic rings. The lowest BCUT2D eigenvalue weighted by Crippen LogP contribution is -2.19. The molecule has 1 saturated heterocycles. The molecule has 0 bridgehead atoms. The van der Waals surface area contributed by atoms with Gasteiger partial charge in [0, 0.05) is 5.69 Å². The molecule has 0 spiro atoms. The molecule has 1 heterocycles. The lowest BCUT2D eigenvalue weighted by atomic mass is 10.2. The SMILES string of the molecule is COc1ccc(S(=O)(=O)Nc2cccc([C@@H]3NC(=O)CS3)c2)cc1. The minimum atomic E-state index is -3.69. The molecule has 0 unspecified atom stereocenters. The van der Waals surface area contributed by atoms with Gasteiger partial charge in [-0.1, -0.05) is 12.1 Å². The topological polar surface area (TPSA) is 84.5 Å². The van der Waals surface area contributed by atoms with Gasteiger partial charge in [0.1, 0.15) is 11.1 Å². The fourth-order valence-electron chi connectivity index (χ4n) is 2.30. The van der Waals surface area contributed by atoms with Crippen molar-refractivity contribution in [2.24, 2.45) is 0 Å². The maximum absolute atomic E-state index is 12.5. The Morgan fingerprint density at radius 1 is 1.21 bits per heavy atom. The number of benzene rings is 2. The van der Waals surface area contributed by atoms with Crippen molar-refractivity contribution in [1.82, 2.24) is 5.32 Å². The van der Waals surface area contributed by atoms with E-state index in [1.54, 1.807) is 30.3 Å². The van der Waals surface area contributed by atoms with Crippen LogP contribution in [-0.2, 0) is 14.8 Å². The molecule has 2 aromatic carbocycles. The van der Waals surface area contributed by atoms with Crippen LogP contribution in [0.1, 0.15) is 10.9 Å². The second-order valence-electron chi connectivity index (χ2n) is 5.17. The Bertz CT molecular complexity index is 851. The first kappa shape index (κ1) is 16.7. The number of methoxy groups -OCH3 is 1. The summed E-state index contributed by atoms with van der Waals surface area (Å²) in [5.41, 5.74) is 1.30. The zero-order valence-corrected chi connectivity index (χ0v) is 14.5. The number of nitrogens with one attached hydrogen (secondary N) is 2. The fraction of sp³-hybridized carbons (Fsp3) is 0.188. The Kier molecular flexibility index (Phi) is 4.68. The second-order valence-corrected chi connectivity index (χ2v) is 7.94. The van der Waals surface area contributed by atoms with Crippen LogP contribution >= 0.6 is 11.8 Å². The normalized spacial score (nSPS) is 17.4. The smallest absolute Gasteiger partial charge is 0.261 e. The summed E-state index contributed by atoms with van der Waals surface area (Å²) >= 11 is 1.48. The zero-order chi connectivity index (χ0) is 17.2. The molecule has 0 saturated carbocycles. The van der Waals surface area contributed by atoms with E-state index in [4.69, 9.17) is 4.74 Å². The van der Waals surface area contributed by atoms with Crippen molar-refractivity contribution in [3.63, 3.8) is 0 Å². The molecule has 2 aromatic rings. The van der Waals surface area contributed by atoms with Crippen molar-refractivity contribution in [1.29, 1.82) is 0 Å². The fourth-order valence-corrected chi connectivity index (χ4v) is 4.31. The summed E-state index contributed by atoms with van der Waals surface area (Å²) in [5.74, 6) is 0.978. The molecule has 1 fully saturated rings. The lowest BCUT2D eigenvalue weighted by Gasteiger charge is -2.13. The molecular weight excluding hydrogens is 348 g/mol. The Balaban J connectivity index is 1.80. The van der Waals surface area contributed by atoms with Gasteiger partial charge in [0.05, 0.1) is 17.8 Å². The molecule has 3 rings (SSSR count). The van der Waals surface area contributed by atoms with Gasteiger partial charge in [0.2, 0.25) is 5.91 Å². The average Bonchev–Trinajstić information content (AvgIpc) is 3.01. The van der Waals surface area contributed by atoms with Gasteiger partial charge in [-0.25, -0.2) is 8.42 Å². The summed E-state index contributed by atoms with van der Waals surface area (Å²) in [6.07, 6.45) is 0. The van der Waals surface area contributed by atoms with E-state index in [0.717, 1.165) is 5.56 Å². The predicted octanol–water partition coefficient (Wildman–Crippen LogP) is 2.36. The highest BCUT2D eigenvalue weighted by molar-refractivity contribution is 8.00. The van der Waals surface area contributed by atoms with Crippen LogP contribution in [0.25, 0.3) is 0 Å². The molecule has 6 nitrogen and oxygen atoms in total. The minimum absolute atomic E-state index is 0.0192. The van der Waals surface area contributed by atoms with E-state index < -0.39 is 10.0 Å². The first-order valence-electron chi connectivity index (χ1n) is 7.16. The summed E-state index contributed by atoms with van der Waals surface area (Å²) in [7, 11) is -2.17. The Morgan fingerprint density at radius 3 is 2.58 bits per heavy atom. The van der Waals surface area contributed by atoms with Crippen LogP contribution in [0.3, 0.4) is 0 Å². The molecule has 1 amide bonds. The highest BCUT2D eigenvalue weighted by atomic mass is 32.2. The van der Waals surface area contributed by atoms with Crippen molar-refractivity contribution in [3.05, 3.63) is 54.1 Å². The Morgan fingerprint density at radius 2 is 1.96 bits per heavy atom. The summed E-state index contributed by atoms with van der Waals surface area (Å²) in [6.45, 7) is 0. The van der Waals surface area contributed by atoms with E-state index in [1.807, 2.05) is 6.07 Å². The van der Waals surface area contributed by atoms with Crippen molar-refractivity contribution in [2.75, 3.05) is 17.6 Å². The van der Waals surface area contributed by atoms with Gasteiger partial charge in [0.25, 0.3) is 10.0 Å². The molecule has 8 heteroatoms. The van der Waals surface area contributed by atoms with Gasteiger partial charge in [0.15, 0.2) is 0 Å². The van der Waals surface area contributed by atoms with E-state index in [1.165, 1.54) is 31.0 Å². The van der Waals surface area contributed by atoms with Gasteiger partial charge in [-0.05, 0) is 42.0 Å². The largest absolute Gasteiger partial charge is 0.497 e. The second kappa shape index (κ2) is 6.74. The van der Waals surface area contributed by atoms with Gasteiger partial charge in [-0.3, -0.25) is 9.52 Å². The monoisotopic (exact) mass is 364 g/mol. The molecular formula is C16H16N2O4S2. The standard InChI is InChI=1S/C16H16N2O4S2/c1-22-13-5-7-14(8-6-13)24(20,21)18-12-4-2-3-11(9-12)16-17-15(19)10-23-16/h2-9,16,18H,10H2,1H3,(H,17,19)/t16-/m1/s1. The number of thioether (sulfide) groups is 1. The number of carbonyl (C=O) groups is 1. The number of hydrogen-bond acceptors (Lipinski definition) is 5. The average molecular weight is 364 g/mol. The number of hydrogen-bond donors (Lipinski definition) is 2. The molecule has 0 aliphatic carbocycles. The van der Waals surface area contributed by atoms with E-state index >= 15 is 0 Å². The van der Waals surface area contributed by atoms with E-state index in [0.29, 0.717) is 17.2 Å². The Hall–Kier alpha value is -2.19. The molecule has 1 atom stereocenters. The van der Waals surface area contributed by atoms with Crippen molar-refractivity contribution < 1.29 is 17.9 Å². The summed E-state index contributed by atoms with van der Waals surface area (Å²) in [4.78, 5) is 11.5. The third kappa shape index (κ3) is 3.65. The third-order valence-corrected chi connectivity index (χ3v) is 6.03. The van der Waals surface area contributed by atoms with Crippen LogP contribution in [0.5, 0.6) is 5.75 Å². The van der Waals surface area contributed by atoms with Crippen LogP contribution < -0.4 is 14.8 Å². The molecule has 0 aromatic heterocycles. The van der Waals surface area contributed by atoms with Gasteiger partial charge in [-0.15, -0.1) is 11.8 Å². The number of rotatable bonds is 5. The summed E-state index contributed by atoms with van der Waals surface area (Å²) in [6, 6.07) is 13.2. The maximum Gasteiger partial charge on any atom is 0.261 e. The maximum atomic E-state index is 12.5. The Labute approximate surface area is 144 Å². The third-order valence-electron chi connectivity index (χ3n) is 3.48. The lowest BCUT2D eigenvalue weighted by molar-refractivity contribution is -0.118. The van der Waals surface area contributed by atoms with Gasteiger partial charge >= 0.3 is 0 Å². The van der Waals surface area contributed by atoms with Gasteiger partial charge in [-0.2, -0.15) is 0 Å². The number of carbonyl (C=O) groups excluding carboxylic acids is 1. The molecule has 0 radical (unpaired) electrons. The summed E-state index contributed by atoms with van der Waals surface area (Å²) in [5, 5.41) is 2.69. The van der Waals surface area contributed by atoms with Gasteiger partial charge < -0.3 is 10.1 Å². The summed E-state index contributed by atoms with van der Waals surface area (Å²) < 4.78 is 32.5. The number of ether oxygens (including phenoxy) is 1. The predicted molar refractivity (Wildman–Crippen MR) is 93.6 cm³/mol. The van der Waals surface area contributed by atoms with Crippen molar-refractivity contribution in [3.8, 4) is 5.75 Å². The molecule has 1 aliphatic heterocycles. The molecule has 2 N–H and O–H groups in total. The number of amides is 1. The van der Waals surface area contributed by atoms with Crippen LogP contribution in [0.15, 0.2) is 53.4 Å². The van der Waals surface area contributed by atoms with Crippen molar-refractivity contribution >= 4 is 33.4 Å². The van der Waals surface area contributed by atoms with Crippen molar-refractivity contribution in [2.45, 2.75) is 10.3 Å². The van der Waals surface area contributed by atoms with E-state index in [2.05, 4.69) is 10.0 Å². The van der Waals surface area contributed by atoms with E-state index in [-0.39, 0.29) is 16.2 Å². The van der Waals surface area contributed by atoms with Crippen LogP contribution in [0.2, 0.25) is 0 Å². The first-order valence-corrected chi connectivity index (χ1v) is 9.69. The van der Waals surface area contributed by atoms with E-state index in [9.17, 15) is 13.2 Å². The molecule has 126 valence electrons. The first-order chi connectivity index (χ1) is 11.5. The highest BCUT2D eigenvalue weighted by Gasteiger charge is 2.23. The van der Waals surface area contributed by atoms with Crippen LogP contribution in [0.4, 0.5) is 5.69 Å². The molecule has 24 heavy (non-hydrogen) atoms. The number of sulfonamides is 1. The van der Waals surface area contributed by atoms with Crippen LogP contribution in [0, 0.1) is 0 Å². The quantitative estimate of drug-likeness (QED) is 0.851. The van der Waals surface area contributed by atoms with Crippen LogP contribution in [-0.4, -0.2) is 27.2 Å². The number of anilines is 1. The zero-order valence-electron chi connectivity index (χ0n) is 12.9. The minimum Gasteiger partial charge on any atom is -0.497 e. The highest BCUT2D eigenvalue weighted by Crippen LogP contribution is 2.32.